The highest BCUT2D eigenvalue weighted by Crippen LogP contribution is 2.28. The molecule has 1 aliphatic carbocycles. The van der Waals surface area contributed by atoms with Crippen LogP contribution < -0.4 is 5.32 Å². The van der Waals surface area contributed by atoms with Crippen LogP contribution in [-0.4, -0.2) is 9.78 Å². The summed E-state index contributed by atoms with van der Waals surface area (Å²) in [5.74, 6) is -0.205. The van der Waals surface area contributed by atoms with Crippen molar-refractivity contribution >= 4 is 5.69 Å². The average Bonchev–Trinajstić information content (AvgIpc) is 3.06. The van der Waals surface area contributed by atoms with E-state index in [2.05, 4.69) is 21.3 Å². The van der Waals surface area contributed by atoms with Crippen molar-refractivity contribution in [2.45, 2.75) is 45.2 Å². The minimum Gasteiger partial charge on any atom is -0.379 e. The smallest absolute Gasteiger partial charge is 0.125 e. The summed E-state index contributed by atoms with van der Waals surface area (Å²) < 4.78 is 15.4. The molecule has 20 heavy (non-hydrogen) atoms. The molecule has 1 N–H and O–H groups in total. The van der Waals surface area contributed by atoms with Crippen LogP contribution in [0.25, 0.3) is 0 Å². The molecular weight excluding hydrogens is 253 g/mol. The van der Waals surface area contributed by atoms with Crippen molar-refractivity contribution in [2.24, 2.45) is 0 Å². The third kappa shape index (κ3) is 3.00. The largest absolute Gasteiger partial charge is 0.379 e. The predicted molar refractivity (Wildman–Crippen MR) is 78.2 cm³/mol. The molecule has 0 unspecified atom stereocenters. The first kappa shape index (κ1) is 13.2. The molecule has 0 aliphatic heterocycles. The van der Waals surface area contributed by atoms with Crippen molar-refractivity contribution in [3.05, 3.63) is 47.5 Å². The van der Waals surface area contributed by atoms with Gasteiger partial charge in [-0.15, -0.1) is 0 Å². The highest BCUT2D eigenvalue weighted by atomic mass is 19.1. The molecule has 0 atom stereocenters. The SMILES string of the molecule is Cc1cc(F)cc(NCc2ccn(C3CCCC3)n2)c1. The molecule has 0 amide bonds. The number of aryl methyl sites for hydroxylation is 1. The summed E-state index contributed by atoms with van der Waals surface area (Å²) in [6.07, 6.45) is 7.14. The lowest BCUT2D eigenvalue weighted by atomic mass is 10.2. The summed E-state index contributed by atoms with van der Waals surface area (Å²) in [7, 11) is 0. The van der Waals surface area contributed by atoms with Crippen LogP contribution in [0.2, 0.25) is 0 Å². The molecule has 1 aliphatic rings. The summed E-state index contributed by atoms with van der Waals surface area (Å²) in [5, 5.41) is 7.84. The Morgan fingerprint density at radius 1 is 1.30 bits per heavy atom. The summed E-state index contributed by atoms with van der Waals surface area (Å²) in [6.45, 7) is 2.52. The minimum absolute atomic E-state index is 0.205. The zero-order valence-corrected chi connectivity index (χ0v) is 11.8. The number of benzene rings is 1. The first-order valence-electron chi connectivity index (χ1n) is 7.26. The van der Waals surface area contributed by atoms with Gasteiger partial charge in [-0.2, -0.15) is 5.10 Å². The molecule has 1 saturated carbocycles. The Hall–Kier alpha value is -1.84. The normalized spacial score (nSPS) is 15.7. The summed E-state index contributed by atoms with van der Waals surface area (Å²) in [6, 6.07) is 7.59. The van der Waals surface area contributed by atoms with E-state index in [1.807, 2.05) is 19.1 Å². The third-order valence-electron chi connectivity index (χ3n) is 3.88. The fourth-order valence-electron chi connectivity index (χ4n) is 2.87. The molecule has 106 valence electrons. The molecule has 2 aromatic rings. The molecule has 0 radical (unpaired) electrons. The second kappa shape index (κ2) is 5.65. The van der Waals surface area contributed by atoms with E-state index in [-0.39, 0.29) is 5.82 Å². The lowest BCUT2D eigenvalue weighted by Crippen LogP contribution is -2.07. The van der Waals surface area contributed by atoms with Crippen LogP contribution in [0, 0.1) is 12.7 Å². The number of halogens is 1. The van der Waals surface area contributed by atoms with Crippen LogP contribution in [0.5, 0.6) is 0 Å². The number of aromatic nitrogens is 2. The van der Waals surface area contributed by atoms with Crippen molar-refractivity contribution in [1.82, 2.24) is 9.78 Å². The van der Waals surface area contributed by atoms with Gasteiger partial charge in [-0.25, -0.2) is 4.39 Å². The van der Waals surface area contributed by atoms with E-state index >= 15 is 0 Å². The summed E-state index contributed by atoms with van der Waals surface area (Å²) >= 11 is 0. The molecule has 1 aromatic heterocycles. The first-order valence-corrected chi connectivity index (χ1v) is 7.26. The Balaban J connectivity index is 1.63. The molecule has 1 fully saturated rings. The third-order valence-corrected chi connectivity index (χ3v) is 3.88. The van der Waals surface area contributed by atoms with Crippen molar-refractivity contribution in [1.29, 1.82) is 0 Å². The standard InChI is InChI=1S/C16H20FN3/c1-12-8-13(17)10-15(9-12)18-11-14-6-7-20(19-14)16-4-2-3-5-16/h6-10,16,18H,2-5,11H2,1H3. The molecular formula is C16H20FN3. The van der Waals surface area contributed by atoms with Crippen molar-refractivity contribution in [3.63, 3.8) is 0 Å². The maximum Gasteiger partial charge on any atom is 0.125 e. The van der Waals surface area contributed by atoms with Crippen LogP contribution >= 0.6 is 0 Å². The van der Waals surface area contributed by atoms with Crippen LogP contribution in [0.1, 0.15) is 43.0 Å². The van der Waals surface area contributed by atoms with E-state index in [4.69, 9.17) is 0 Å². The van der Waals surface area contributed by atoms with E-state index in [1.54, 1.807) is 0 Å². The Morgan fingerprint density at radius 3 is 2.85 bits per heavy atom. The lowest BCUT2D eigenvalue weighted by Gasteiger charge is -2.09. The highest BCUT2D eigenvalue weighted by Gasteiger charge is 2.17. The Kier molecular flexibility index (Phi) is 3.72. The lowest BCUT2D eigenvalue weighted by molar-refractivity contribution is 0.463. The van der Waals surface area contributed by atoms with E-state index < -0.39 is 0 Å². The Labute approximate surface area is 118 Å². The van der Waals surface area contributed by atoms with Gasteiger partial charge in [0.15, 0.2) is 0 Å². The summed E-state index contributed by atoms with van der Waals surface area (Å²) in [4.78, 5) is 0. The number of nitrogens with zero attached hydrogens (tertiary/aromatic N) is 2. The van der Waals surface area contributed by atoms with Crippen molar-refractivity contribution < 1.29 is 4.39 Å². The van der Waals surface area contributed by atoms with Crippen LogP contribution in [0.3, 0.4) is 0 Å². The van der Waals surface area contributed by atoms with Gasteiger partial charge in [0.25, 0.3) is 0 Å². The van der Waals surface area contributed by atoms with Gasteiger partial charge in [-0.3, -0.25) is 4.68 Å². The Morgan fingerprint density at radius 2 is 2.10 bits per heavy atom. The molecule has 3 rings (SSSR count). The van der Waals surface area contributed by atoms with Gasteiger partial charge in [0.2, 0.25) is 0 Å². The number of anilines is 1. The quantitative estimate of drug-likeness (QED) is 0.910. The van der Waals surface area contributed by atoms with Gasteiger partial charge in [-0.1, -0.05) is 12.8 Å². The van der Waals surface area contributed by atoms with Gasteiger partial charge in [0.05, 0.1) is 18.3 Å². The van der Waals surface area contributed by atoms with Crippen LogP contribution in [0.15, 0.2) is 30.5 Å². The monoisotopic (exact) mass is 273 g/mol. The van der Waals surface area contributed by atoms with Gasteiger partial charge in [0.1, 0.15) is 5.82 Å². The molecule has 0 saturated heterocycles. The van der Waals surface area contributed by atoms with Crippen LogP contribution in [-0.2, 0) is 6.54 Å². The average molecular weight is 273 g/mol. The number of rotatable bonds is 4. The van der Waals surface area contributed by atoms with E-state index in [1.165, 1.54) is 37.8 Å². The second-order valence-corrected chi connectivity index (χ2v) is 5.60. The van der Waals surface area contributed by atoms with Gasteiger partial charge < -0.3 is 5.32 Å². The topological polar surface area (TPSA) is 29.9 Å². The number of hydrogen-bond acceptors (Lipinski definition) is 2. The maximum atomic E-state index is 13.3. The molecule has 1 heterocycles. The molecule has 0 bridgehead atoms. The molecule has 1 aromatic carbocycles. The second-order valence-electron chi connectivity index (χ2n) is 5.60. The maximum absolute atomic E-state index is 13.3. The van der Waals surface area contributed by atoms with Crippen molar-refractivity contribution in [2.75, 3.05) is 5.32 Å². The zero-order chi connectivity index (χ0) is 13.9. The van der Waals surface area contributed by atoms with Crippen LogP contribution in [0.4, 0.5) is 10.1 Å². The molecule has 0 spiro atoms. The van der Waals surface area contributed by atoms with E-state index in [0.29, 0.717) is 12.6 Å². The van der Waals surface area contributed by atoms with E-state index in [9.17, 15) is 4.39 Å². The van der Waals surface area contributed by atoms with Gasteiger partial charge in [0, 0.05) is 11.9 Å². The first-order chi connectivity index (χ1) is 9.70. The fourth-order valence-corrected chi connectivity index (χ4v) is 2.87. The number of hydrogen-bond donors (Lipinski definition) is 1. The van der Waals surface area contributed by atoms with Gasteiger partial charge in [-0.05, 0) is 49.6 Å². The highest BCUT2D eigenvalue weighted by molar-refractivity contribution is 5.46. The fraction of sp³-hybridized carbons (Fsp3) is 0.438. The number of nitrogens with one attached hydrogen (secondary N) is 1. The Bertz CT molecular complexity index is 565. The molecule has 4 heteroatoms. The minimum atomic E-state index is -0.205. The molecule has 3 nitrogen and oxygen atoms in total. The zero-order valence-electron chi connectivity index (χ0n) is 11.8. The van der Waals surface area contributed by atoms with Crippen molar-refractivity contribution in [3.8, 4) is 0 Å². The van der Waals surface area contributed by atoms with Gasteiger partial charge >= 0.3 is 0 Å². The van der Waals surface area contributed by atoms with E-state index in [0.717, 1.165) is 16.9 Å². The summed E-state index contributed by atoms with van der Waals surface area (Å²) in [5.41, 5.74) is 2.72. The predicted octanol–water partition coefficient (Wildman–Crippen LogP) is 4.06.